The molecule has 0 N–H and O–H groups in total. The molecule has 0 bridgehead atoms. The number of ether oxygens (including phenoxy) is 2. The molecule has 4 rings (SSSR count). The van der Waals surface area contributed by atoms with Crippen molar-refractivity contribution < 1.29 is 14.3 Å². The third-order valence-electron chi connectivity index (χ3n) is 5.72. The summed E-state index contributed by atoms with van der Waals surface area (Å²) in [6, 6.07) is 11.0. The normalized spacial score (nSPS) is 13.8. The minimum atomic E-state index is -0.0355. The Morgan fingerprint density at radius 2 is 1.62 bits per heavy atom. The van der Waals surface area contributed by atoms with Crippen molar-refractivity contribution in [2.24, 2.45) is 0 Å². The van der Waals surface area contributed by atoms with E-state index in [4.69, 9.17) is 14.5 Å². The Morgan fingerprint density at radius 1 is 0.938 bits per heavy atom. The first kappa shape index (κ1) is 21.5. The van der Waals surface area contributed by atoms with Crippen molar-refractivity contribution in [2.75, 3.05) is 45.3 Å². The minimum Gasteiger partial charge on any atom is -0.497 e. The van der Waals surface area contributed by atoms with Crippen LogP contribution in [0.15, 0.2) is 42.6 Å². The second-order valence-electron chi connectivity index (χ2n) is 7.68. The highest BCUT2D eigenvalue weighted by Gasteiger charge is 2.25. The van der Waals surface area contributed by atoms with Crippen LogP contribution < -0.4 is 14.4 Å². The van der Waals surface area contributed by atoms with E-state index in [1.807, 2.05) is 36.9 Å². The molecule has 0 aliphatic carbocycles. The summed E-state index contributed by atoms with van der Waals surface area (Å²) in [5.74, 6) is 2.67. The Morgan fingerprint density at radius 3 is 2.22 bits per heavy atom. The molecule has 1 aliphatic rings. The maximum Gasteiger partial charge on any atom is 0.254 e. The monoisotopic (exact) mass is 433 g/mol. The van der Waals surface area contributed by atoms with Gasteiger partial charge in [0, 0.05) is 55.3 Å². The summed E-state index contributed by atoms with van der Waals surface area (Å²) < 4.78 is 10.6. The summed E-state index contributed by atoms with van der Waals surface area (Å²) in [7, 11) is 3.15. The number of piperazine rings is 1. The maximum atomic E-state index is 13.1. The van der Waals surface area contributed by atoms with Gasteiger partial charge >= 0.3 is 0 Å². The van der Waals surface area contributed by atoms with E-state index >= 15 is 0 Å². The van der Waals surface area contributed by atoms with Gasteiger partial charge in [-0.05, 0) is 38.1 Å². The van der Waals surface area contributed by atoms with Crippen LogP contribution in [0.3, 0.4) is 0 Å². The first-order valence-corrected chi connectivity index (χ1v) is 10.5. The van der Waals surface area contributed by atoms with Crippen molar-refractivity contribution in [1.82, 2.24) is 19.9 Å². The number of aromatic nitrogens is 3. The molecule has 0 atom stereocenters. The predicted octanol–water partition coefficient (Wildman–Crippen LogP) is 3.14. The lowest BCUT2D eigenvalue weighted by Crippen LogP contribution is -2.49. The molecule has 8 nitrogen and oxygen atoms in total. The van der Waals surface area contributed by atoms with Crippen LogP contribution in [0.4, 0.5) is 5.82 Å². The number of nitrogens with zero attached hydrogens (tertiary/aromatic N) is 5. The molecule has 8 heteroatoms. The second kappa shape index (κ2) is 9.21. The van der Waals surface area contributed by atoms with Crippen LogP contribution in [0.2, 0.25) is 0 Å². The zero-order chi connectivity index (χ0) is 22.7. The summed E-state index contributed by atoms with van der Waals surface area (Å²) in [6.07, 6.45) is 1.74. The molecule has 0 saturated carbocycles. The minimum absolute atomic E-state index is 0.0355. The number of benzene rings is 1. The summed E-state index contributed by atoms with van der Waals surface area (Å²) in [4.78, 5) is 31.0. The summed E-state index contributed by atoms with van der Waals surface area (Å²) in [5, 5.41) is 0. The summed E-state index contributed by atoms with van der Waals surface area (Å²) in [6.45, 7) is 6.59. The molecule has 1 fully saturated rings. The van der Waals surface area contributed by atoms with E-state index in [1.165, 1.54) is 0 Å². The zero-order valence-corrected chi connectivity index (χ0v) is 18.8. The molecule has 1 amide bonds. The van der Waals surface area contributed by atoms with Crippen LogP contribution >= 0.6 is 0 Å². The van der Waals surface area contributed by atoms with Crippen molar-refractivity contribution in [2.45, 2.75) is 13.8 Å². The van der Waals surface area contributed by atoms with Gasteiger partial charge in [0.1, 0.15) is 23.0 Å². The van der Waals surface area contributed by atoms with E-state index < -0.39 is 0 Å². The molecule has 0 spiro atoms. The SMILES string of the molecule is COc1cc(OC)cc(C(=O)N2CCN(c3nc(-c4ccccn4)nc(C)c3C)CC2)c1. The first-order chi connectivity index (χ1) is 15.5. The average Bonchev–Trinajstić information content (AvgIpc) is 2.85. The number of amides is 1. The lowest BCUT2D eigenvalue weighted by molar-refractivity contribution is 0.0745. The molecular formula is C24H27N5O3. The molecule has 3 heterocycles. The van der Waals surface area contributed by atoms with Crippen LogP contribution in [0.5, 0.6) is 11.5 Å². The highest BCUT2D eigenvalue weighted by atomic mass is 16.5. The average molecular weight is 434 g/mol. The van der Waals surface area contributed by atoms with Crippen LogP contribution in [0.1, 0.15) is 21.6 Å². The predicted molar refractivity (Wildman–Crippen MR) is 122 cm³/mol. The van der Waals surface area contributed by atoms with Crippen molar-refractivity contribution in [3.8, 4) is 23.0 Å². The van der Waals surface area contributed by atoms with E-state index in [0.717, 1.165) is 22.8 Å². The molecule has 32 heavy (non-hydrogen) atoms. The topological polar surface area (TPSA) is 80.7 Å². The lowest BCUT2D eigenvalue weighted by atomic mass is 10.1. The van der Waals surface area contributed by atoms with Crippen molar-refractivity contribution in [3.63, 3.8) is 0 Å². The zero-order valence-electron chi connectivity index (χ0n) is 18.8. The lowest BCUT2D eigenvalue weighted by Gasteiger charge is -2.36. The fourth-order valence-electron chi connectivity index (χ4n) is 3.77. The molecule has 1 aliphatic heterocycles. The summed E-state index contributed by atoms with van der Waals surface area (Å²) in [5.41, 5.74) is 3.28. The van der Waals surface area contributed by atoms with E-state index in [0.29, 0.717) is 49.1 Å². The fourth-order valence-corrected chi connectivity index (χ4v) is 3.77. The molecule has 2 aromatic heterocycles. The van der Waals surface area contributed by atoms with Gasteiger partial charge in [-0.3, -0.25) is 9.78 Å². The van der Waals surface area contributed by atoms with Gasteiger partial charge in [-0.2, -0.15) is 0 Å². The van der Waals surface area contributed by atoms with Gasteiger partial charge in [0.15, 0.2) is 5.82 Å². The van der Waals surface area contributed by atoms with E-state index in [2.05, 4.69) is 14.9 Å². The smallest absolute Gasteiger partial charge is 0.254 e. The second-order valence-corrected chi connectivity index (χ2v) is 7.68. The number of pyridine rings is 1. The number of methoxy groups -OCH3 is 2. The van der Waals surface area contributed by atoms with Gasteiger partial charge in [-0.1, -0.05) is 6.07 Å². The third kappa shape index (κ3) is 4.34. The van der Waals surface area contributed by atoms with E-state index in [-0.39, 0.29) is 5.91 Å². The van der Waals surface area contributed by atoms with Crippen LogP contribution in [-0.2, 0) is 0 Å². The van der Waals surface area contributed by atoms with Crippen LogP contribution in [0, 0.1) is 13.8 Å². The number of carbonyl (C=O) groups is 1. The van der Waals surface area contributed by atoms with Crippen molar-refractivity contribution >= 4 is 11.7 Å². The number of carbonyl (C=O) groups excluding carboxylic acids is 1. The highest BCUT2D eigenvalue weighted by molar-refractivity contribution is 5.95. The number of hydrogen-bond donors (Lipinski definition) is 0. The van der Waals surface area contributed by atoms with Crippen LogP contribution in [0.25, 0.3) is 11.5 Å². The maximum absolute atomic E-state index is 13.1. The quantitative estimate of drug-likeness (QED) is 0.611. The molecule has 0 unspecified atom stereocenters. The first-order valence-electron chi connectivity index (χ1n) is 10.5. The largest absolute Gasteiger partial charge is 0.497 e. The van der Waals surface area contributed by atoms with Gasteiger partial charge in [0.25, 0.3) is 5.91 Å². The van der Waals surface area contributed by atoms with Gasteiger partial charge in [-0.15, -0.1) is 0 Å². The van der Waals surface area contributed by atoms with Gasteiger partial charge in [0.05, 0.1) is 14.2 Å². The third-order valence-corrected chi connectivity index (χ3v) is 5.72. The number of rotatable bonds is 5. The van der Waals surface area contributed by atoms with Gasteiger partial charge in [0.2, 0.25) is 0 Å². The molecule has 3 aromatic rings. The van der Waals surface area contributed by atoms with Gasteiger partial charge < -0.3 is 19.3 Å². The molecule has 166 valence electrons. The van der Waals surface area contributed by atoms with Crippen molar-refractivity contribution in [1.29, 1.82) is 0 Å². The Bertz CT molecular complexity index is 1090. The molecule has 1 saturated heterocycles. The molecular weight excluding hydrogens is 406 g/mol. The summed E-state index contributed by atoms with van der Waals surface area (Å²) >= 11 is 0. The van der Waals surface area contributed by atoms with E-state index in [9.17, 15) is 4.79 Å². The van der Waals surface area contributed by atoms with Crippen molar-refractivity contribution in [3.05, 3.63) is 59.4 Å². The Kier molecular flexibility index (Phi) is 6.20. The Hall–Kier alpha value is -3.68. The number of hydrogen-bond acceptors (Lipinski definition) is 7. The highest BCUT2D eigenvalue weighted by Crippen LogP contribution is 2.26. The fraction of sp³-hybridized carbons (Fsp3) is 0.333. The standard InChI is InChI=1S/C24H27N5O3/c1-16-17(2)26-22(21-7-5-6-8-25-21)27-23(16)28-9-11-29(12-10-28)24(30)18-13-19(31-3)15-20(14-18)32-4/h5-8,13-15H,9-12H2,1-4H3. The van der Waals surface area contributed by atoms with E-state index in [1.54, 1.807) is 38.6 Å². The number of anilines is 1. The Balaban J connectivity index is 1.52. The van der Waals surface area contributed by atoms with Crippen LogP contribution in [-0.4, -0.2) is 66.2 Å². The van der Waals surface area contributed by atoms with Gasteiger partial charge in [-0.25, -0.2) is 9.97 Å². The Labute approximate surface area is 187 Å². The molecule has 0 radical (unpaired) electrons. The molecule has 1 aromatic carbocycles. The number of aryl methyl sites for hydroxylation is 1.